The second-order valence-corrected chi connectivity index (χ2v) is 6.31. The largest absolute Gasteiger partial charge is 0.459 e. The molecule has 3 N–H and O–H groups in total. The molecule has 0 bridgehead atoms. The van der Waals surface area contributed by atoms with Crippen LogP contribution in [0, 0.1) is 5.92 Å². The van der Waals surface area contributed by atoms with Crippen molar-refractivity contribution in [2.45, 2.75) is 51.0 Å². The Morgan fingerprint density at radius 1 is 1.52 bits per heavy atom. The quantitative estimate of drug-likeness (QED) is 0.476. The minimum Gasteiger partial charge on any atom is -0.459 e. The van der Waals surface area contributed by atoms with E-state index >= 15 is 0 Å². The Morgan fingerprint density at radius 2 is 2.19 bits per heavy atom. The molecule has 21 heavy (non-hydrogen) atoms. The van der Waals surface area contributed by atoms with Gasteiger partial charge in [0.2, 0.25) is 0 Å². The Bertz CT molecular complexity index is 424. The summed E-state index contributed by atoms with van der Waals surface area (Å²) in [6, 6.07) is -0.0866. The van der Waals surface area contributed by atoms with Crippen LogP contribution in [0.1, 0.15) is 27.2 Å². The summed E-state index contributed by atoms with van der Waals surface area (Å²) in [5, 5.41) is 30.0. The van der Waals surface area contributed by atoms with E-state index in [4.69, 9.17) is 4.74 Å². The lowest BCUT2D eigenvalue weighted by Crippen LogP contribution is -2.53. The van der Waals surface area contributed by atoms with Gasteiger partial charge in [-0.2, -0.15) is 0 Å². The monoisotopic (exact) mass is 299 g/mol. The Kier molecular flexibility index (Phi) is 4.72. The topological polar surface area (TPSA) is 90.2 Å². The molecule has 0 aromatic rings. The van der Waals surface area contributed by atoms with Crippen molar-refractivity contribution >= 4 is 5.97 Å². The molecule has 1 fully saturated rings. The van der Waals surface area contributed by atoms with E-state index in [0.717, 1.165) is 25.1 Å². The van der Waals surface area contributed by atoms with Gasteiger partial charge in [-0.25, -0.2) is 4.79 Å². The first kappa shape index (κ1) is 16.4. The van der Waals surface area contributed by atoms with Gasteiger partial charge in [-0.1, -0.05) is 19.9 Å². The van der Waals surface area contributed by atoms with Crippen LogP contribution in [0.15, 0.2) is 11.6 Å². The molecule has 120 valence electrons. The highest BCUT2D eigenvalue weighted by Gasteiger charge is 2.46. The lowest BCUT2D eigenvalue weighted by molar-refractivity contribution is -0.183. The third kappa shape index (κ3) is 2.85. The van der Waals surface area contributed by atoms with Crippen LogP contribution in [0.25, 0.3) is 0 Å². The summed E-state index contributed by atoms with van der Waals surface area (Å²) >= 11 is 0. The van der Waals surface area contributed by atoms with E-state index in [2.05, 4.69) is 4.90 Å². The molecule has 1 unspecified atom stereocenters. The van der Waals surface area contributed by atoms with Gasteiger partial charge in [0.25, 0.3) is 0 Å². The average Bonchev–Trinajstić information content (AvgIpc) is 2.98. The second kappa shape index (κ2) is 6.04. The predicted octanol–water partition coefficient (Wildman–Crippen LogP) is -0.327. The summed E-state index contributed by atoms with van der Waals surface area (Å²) in [7, 11) is 0. The molecule has 2 heterocycles. The average molecular weight is 299 g/mol. The molecule has 0 aromatic heterocycles. The van der Waals surface area contributed by atoms with Crippen LogP contribution in [0.5, 0.6) is 0 Å². The number of aliphatic hydroxyl groups is 3. The molecule has 1 saturated heterocycles. The first-order valence-electron chi connectivity index (χ1n) is 7.47. The molecule has 2 aliphatic heterocycles. The predicted molar refractivity (Wildman–Crippen MR) is 76.5 cm³/mol. The highest BCUT2D eigenvalue weighted by molar-refractivity contribution is 5.80. The molecule has 6 nitrogen and oxygen atoms in total. The van der Waals surface area contributed by atoms with Gasteiger partial charge in [-0.15, -0.1) is 0 Å². The zero-order chi connectivity index (χ0) is 15.8. The third-order valence-electron chi connectivity index (χ3n) is 4.65. The molecular formula is C15H25NO5. The number of hydrogen-bond acceptors (Lipinski definition) is 6. The van der Waals surface area contributed by atoms with Crippen molar-refractivity contribution in [2.75, 3.05) is 19.7 Å². The van der Waals surface area contributed by atoms with Crippen LogP contribution in [0.4, 0.5) is 0 Å². The normalized spacial score (nSPS) is 30.0. The van der Waals surface area contributed by atoms with Crippen molar-refractivity contribution in [3.8, 4) is 0 Å². The molecule has 0 radical (unpaired) electrons. The van der Waals surface area contributed by atoms with Gasteiger partial charge < -0.3 is 20.1 Å². The smallest absolute Gasteiger partial charge is 0.341 e. The van der Waals surface area contributed by atoms with Crippen LogP contribution in [0.2, 0.25) is 0 Å². The number of carbonyl (C=O) groups is 1. The standard InChI is InChI=1S/C15H25NO5/c1-9(2)15(20,10(3)17)14(19)21-8-11-4-6-16-7-5-12(18)13(11)16/h4,9-10,12-13,17-18,20H,5-8H2,1-3H3/t10?,12-,13+,15-/m0/s1. The van der Waals surface area contributed by atoms with Crippen LogP contribution in [0.3, 0.4) is 0 Å². The van der Waals surface area contributed by atoms with Gasteiger partial charge in [-0.3, -0.25) is 4.90 Å². The van der Waals surface area contributed by atoms with E-state index in [1.54, 1.807) is 13.8 Å². The summed E-state index contributed by atoms with van der Waals surface area (Å²) in [6.45, 7) is 6.32. The van der Waals surface area contributed by atoms with E-state index in [-0.39, 0.29) is 12.6 Å². The van der Waals surface area contributed by atoms with E-state index in [9.17, 15) is 20.1 Å². The third-order valence-corrected chi connectivity index (χ3v) is 4.65. The number of hydrogen-bond donors (Lipinski definition) is 3. The summed E-state index contributed by atoms with van der Waals surface area (Å²) in [5.41, 5.74) is -1.04. The summed E-state index contributed by atoms with van der Waals surface area (Å²) in [6.07, 6.45) is 1.03. The van der Waals surface area contributed by atoms with Crippen molar-refractivity contribution in [2.24, 2.45) is 5.92 Å². The fourth-order valence-corrected chi connectivity index (χ4v) is 3.18. The van der Waals surface area contributed by atoms with E-state index in [0.29, 0.717) is 0 Å². The number of aliphatic hydroxyl groups excluding tert-OH is 2. The first-order chi connectivity index (χ1) is 9.78. The Hall–Kier alpha value is -0.950. The SMILES string of the molecule is CC(C)[C@@](O)(C(=O)OCC1=CCN2CC[C@H](O)[C@@H]12)C(C)O. The van der Waals surface area contributed by atoms with Gasteiger partial charge in [0.05, 0.1) is 18.2 Å². The van der Waals surface area contributed by atoms with Crippen LogP contribution in [-0.4, -0.2) is 69.7 Å². The van der Waals surface area contributed by atoms with Gasteiger partial charge in [0.1, 0.15) is 6.61 Å². The molecule has 4 atom stereocenters. The number of carbonyl (C=O) groups excluding carboxylic acids is 1. The second-order valence-electron chi connectivity index (χ2n) is 6.31. The Balaban J connectivity index is 1.98. The lowest BCUT2D eigenvalue weighted by Gasteiger charge is -2.32. The molecular weight excluding hydrogens is 274 g/mol. The zero-order valence-electron chi connectivity index (χ0n) is 12.8. The van der Waals surface area contributed by atoms with E-state index < -0.39 is 29.7 Å². The number of esters is 1. The van der Waals surface area contributed by atoms with Crippen molar-refractivity contribution in [1.29, 1.82) is 0 Å². The van der Waals surface area contributed by atoms with Gasteiger partial charge in [0, 0.05) is 13.1 Å². The molecule has 0 saturated carbocycles. The van der Waals surface area contributed by atoms with Gasteiger partial charge in [0.15, 0.2) is 5.60 Å². The number of ether oxygens (including phenoxy) is 1. The fraction of sp³-hybridized carbons (Fsp3) is 0.800. The molecule has 0 spiro atoms. The Morgan fingerprint density at radius 3 is 2.76 bits per heavy atom. The van der Waals surface area contributed by atoms with E-state index in [1.807, 2.05) is 6.08 Å². The maximum Gasteiger partial charge on any atom is 0.341 e. The van der Waals surface area contributed by atoms with Gasteiger partial charge in [-0.05, 0) is 24.8 Å². The lowest BCUT2D eigenvalue weighted by atomic mass is 9.85. The number of rotatable bonds is 5. The minimum absolute atomic E-state index is 0.0405. The van der Waals surface area contributed by atoms with Crippen molar-refractivity contribution in [3.63, 3.8) is 0 Å². The van der Waals surface area contributed by atoms with Crippen molar-refractivity contribution < 1.29 is 24.9 Å². The van der Waals surface area contributed by atoms with Crippen LogP contribution in [-0.2, 0) is 9.53 Å². The van der Waals surface area contributed by atoms with Crippen molar-refractivity contribution in [1.82, 2.24) is 4.90 Å². The molecule has 0 aliphatic carbocycles. The molecule has 2 rings (SSSR count). The maximum absolute atomic E-state index is 12.1. The number of fused-ring (bicyclic) bond motifs is 1. The van der Waals surface area contributed by atoms with Crippen molar-refractivity contribution in [3.05, 3.63) is 11.6 Å². The highest BCUT2D eigenvalue weighted by Crippen LogP contribution is 2.30. The molecule has 6 heteroatoms. The van der Waals surface area contributed by atoms with Gasteiger partial charge >= 0.3 is 5.97 Å². The summed E-state index contributed by atoms with van der Waals surface area (Å²) in [5.74, 6) is -1.28. The van der Waals surface area contributed by atoms with Crippen LogP contribution >= 0.6 is 0 Å². The minimum atomic E-state index is -1.91. The number of nitrogens with zero attached hydrogens (tertiary/aromatic N) is 1. The fourth-order valence-electron chi connectivity index (χ4n) is 3.18. The zero-order valence-corrected chi connectivity index (χ0v) is 12.8. The molecule has 2 aliphatic rings. The van der Waals surface area contributed by atoms with E-state index in [1.165, 1.54) is 6.92 Å². The summed E-state index contributed by atoms with van der Waals surface area (Å²) in [4.78, 5) is 14.3. The Labute approximate surface area is 125 Å². The maximum atomic E-state index is 12.1. The highest BCUT2D eigenvalue weighted by atomic mass is 16.6. The summed E-state index contributed by atoms with van der Waals surface area (Å²) < 4.78 is 5.22. The van der Waals surface area contributed by atoms with Crippen LogP contribution < -0.4 is 0 Å². The first-order valence-corrected chi connectivity index (χ1v) is 7.47. The molecule has 0 aromatic carbocycles. The molecule has 0 amide bonds.